The van der Waals surface area contributed by atoms with Crippen LogP contribution >= 0.6 is 11.8 Å². The lowest BCUT2D eigenvalue weighted by molar-refractivity contribution is -0.115. The Bertz CT molecular complexity index is 1540. The van der Waals surface area contributed by atoms with Crippen LogP contribution in [0, 0.1) is 6.92 Å². The molecule has 182 valence electrons. The highest BCUT2D eigenvalue weighted by molar-refractivity contribution is 7.99. The summed E-state index contributed by atoms with van der Waals surface area (Å²) >= 11 is 1.28. The zero-order valence-electron chi connectivity index (χ0n) is 19.5. The van der Waals surface area contributed by atoms with Gasteiger partial charge in [-0.3, -0.25) is 14.3 Å². The number of carbonyl (C=O) groups is 1. The predicted molar refractivity (Wildman–Crippen MR) is 135 cm³/mol. The van der Waals surface area contributed by atoms with E-state index in [-0.39, 0.29) is 23.6 Å². The lowest BCUT2D eigenvalue weighted by Gasteiger charge is -2.07. The van der Waals surface area contributed by atoms with Crippen molar-refractivity contribution >= 4 is 23.4 Å². The van der Waals surface area contributed by atoms with Gasteiger partial charge in [0.25, 0.3) is 5.56 Å². The summed E-state index contributed by atoms with van der Waals surface area (Å²) in [5.41, 5.74) is 2.32. The van der Waals surface area contributed by atoms with E-state index in [0.717, 1.165) is 5.69 Å². The molecule has 11 heteroatoms. The normalized spacial score (nSPS) is 11.1. The Hall–Kier alpha value is -4.38. The highest BCUT2D eigenvalue weighted by Crippen LogP contribution is 2.30. The van der Waals surface area contributed by atoms with Crippen LogP contribution in [0.25, 0.3) is 28.6 Å². The minimum Gasteiger partial charge on any atom is -0.463 e. The maximum atomic E-state index is 13.0. The van der Waals surface area contributed by atoms with Crippen molar-refractivity contribution in [2.75, 3.05) is 11.1 Å². The van der Waals surface area contributed by atoms with Gasteiger partial charge < -0.3 is 14.2 Å². The van der Waals surface area contributed by atoms with Crippen molar-refractivity contribution in [2.24, 2.45) is 7.05 Å². The molecule has 1 amide bonds. The van der Waals surface area contributed by atoms with E-state index in [1.165, 1.54) is 16.4 Å². The van der Waals surface area contributed by atoms with E-state index in [1.54, 1.807) is 55.4 Å². The molecule has 1 N–H and O–H groups in total. The molecule has 0 aliphatic heterocycles. The number of hydrogen-bond acceptors (Lipinski definition) is 8. The van der Waals surface area contributed by atoms with Gasteiger partial charge >= 0.3 is 0 Å². The number of aromatic nitrogens is 5. The number of rotatable bonds is 8. The SMILES string of the molecule is Cc1c(NC(=O)CCSc2nnc(-c3ccco3)c(-c3ccco3)n2)c(=O)n(-c2ccccc2)n1C. The van der Waals surface area contributed by atoms with Crippen molar-refractivity contribution in [3.05, 3.63) is 83.2 Å². The number of benzene rings is 1. The van der Waals surface area contributed by atoms with E-state index < -0.39 is 0 Å². The van der Waals surface area contributed by atoms with Gasteiger partial charge in [0.1, 0.15) is 11.4 Å². The van der Waals surface area contributed by atoms with Gasteiger partial charge in [0.05, 0.1) is 23.9 Å². The Morgan fingerprint density at radius 1 is 0.972 bits per heavy atom. The highest BCUT2D eigenvalue weighted by Gasteiger charge is 2.20. The molecular formula is C25H22N6O4S. The molecule has 0 bridgehead atoms. The number of carbonyl (C=O) groups excluding carboxylic acids is 1. The molecule has 0 spiro atoms. The molecular weight excluding hydrogens is 480 g/mol. The minimum atomic E-state index is -0.286. The molecule has 0 radical (unpaired) electrons. The third kappa shape index (κ3) is 4.60. The van der Waals surface area contributed by atoms with Gasteiger partial charge in [-0.2, -0.15) is 0 Å². The van der Waals surface area contributed by atoms with Crippen LogP contribution in [0.1, 0.15) is 12.1 Å². The number of nitrogens with zero attached hydrogens (tertiary/aromatic N) is 5. The van der Waals surface area contributed by atoms with Crippen LogP contribution in [0.3, 0.4) is 0 Å². The third-order valence-electron chi connectivity index (χ3n) is 5.56. The van der Waals surface area contributed by atoms with Crippen molar-refractivity contribution in [1.82, 2.24) is 24.5 Å². The molecule has 10 nitrogen and oxygen atoms in total. The van der Waals surface area contributed by atoms with Gasteiger partial charge in [-0.25, -0.2) is 9.67 Å². The van der Waals surface area contributed by atoms with E-state index in [1.807, 2.05) is 30.3 Å². The molecule has 0 atom stereocenters. The number of para-hydroxylation sites is 1. The standard InChI is InChI=1S/C25H22N6O4S/c1-16-21(24(33)31(30(16)2)17-8-4-3-5-9-17)26-20(32)12-15-36-25-27-22(18-10-6-13-34-18)23(28-29-25)19-11-7-14-35-19/h3-11,13-14H,12,15H2,1-2H3,(H,26,32). The average Bonchev–Trinajstić information content (AvgIpc) is 3.65. The second-order valence-electron chi connectivity index (χ2n) is 7.83. The smallest absolute Gasteiger partial charge is 0.295 e. The Balaban J connectivity index is 1.27. The summed E-state index contributed by atoms with van der Waals surface area (Å²) in [5.74, 6) is 1.17. The number of furan rings is 2. The second kappa shape index (κ2) is 10.1. The number of amides is 1. The molecule has 1 aromatic carbocycles. The molecule has 0 fully saturated rings. The quantitative estimate of drug-likeness (QED) is 0.312. The van der Waals surface area contributed by atoms with Crippen LogP contribution in [-0.2, 0) is 11.8 Å². The van der Waals surface area contributed by atoms with Crippen molar-refractivity contribution < 1.29 is 13.6 Å². The van der Waals surface area contributed by atoms with Crippen LogP contribution < -0.4 is 10.9 Å². The predicted octanol–water partition coefficient (Wildman–Crippen LogP) is 4.31. The van der Waals surface area contributed by atoms with Gasteiger partial charge in [0, 0.05) is 19.2 Å². The zero-order chi connectivity index (χ0) is 25.1. The second-order valence-corrected chi connectivity index (χ2v) is 8.89. The maximum Gasteiger partial charge on any atom is 0.295 e. The molecule has 4 aromatic heterocycles. The number of anilines is 1. The summed E-state index contributed by atoms with van der Waals surface area (Å²) in [6.07, 6.45) is 3.26. The van der Waals surface area contributed by atoms with Gasteiger partial charge in [0.15, 0.2) is 17.2 Å². The highest BCUT2D eigenvalue weighted by atomic mass is 32.2. The fourth-order valence-electron chi connectivity index (χ4n) is 3.69. The van der Waals surface area contributed by atoms with Crippen molar-refractivity contribution in [1.29, 1.82) is 0 Å². The lowest BCUT2D eigenvalue weighted by atomic mass is 10.2. The largest absolute Gasteiger partial charge is 0.463 e. The van der Waals surface area contributed by atoms with Crippen molar-refractivity contribution in [2.45, 2.75) is 18.5 Å². The number of thioether (sulfide) groups is 1. The Morgan fingerprint density at radius 3 is 2.33 bits per heavy atom. The molecule has 0 aliphatic rings. The van der Waals surface area contributed by atoms with E-state index in [0.29, 0.717) is 39.5 Å². The van der Waals surface area contributed by atoms with E-state index >= 15 is 0 Å². The lowest BCUT2D eigenvalue weighted by Crippen LogP contribution is -2.23. The van der Waals surface area contributed by atoms with Crippen LogP contribution in [-0.4, -0.2) is 36.2 Å². The van der Waals surface area contributed by atoms with Crippen molar-refractivity contribution in [3.63, 3.8) is 0 Å². The fourth-order valence-corrected chi connectivity index (χ4v) is 4.41. The van der Waals surface area contributed by atoms with Gasteiger partial charge in [-0.1, -0.05) is 30.0 Å². The summed E-state index contributed by atoms with van der Waals surface area (Å²) in [6, 6.07) is 16.3. The molecule has 5 aromatic rings. The van der Waals surface area contributed by atoms with Crippen molar-refractivity contribution in [3.8, 4) is 28.6 Å². The van der Waals surface area contributed by atoms with Gasteiger partial charge in [-0.15, -0.1) is 10.2 Å². The first-order valence-corrected chi connectivity index (χ1v) is 12.1. The fraction of sp³-hybridized carbons (Fsp3) is 0.160. The molecule has 0 saturated carbocycles. The first-order valence-electron chi connectivity index (χ1n) is 11.1. The van der Waals surface area contributed by atoms with E-state index in [4.69, 9.17) is 8.83 Å². The average molecular weight is 503 g/mol. The molecule has 5 rings (SSSR count). The number of hydrogen-bond donors (Lipinski definition) is 1. The van der Waals surface area contributed by atoms with Gasteiger partial charge in [0.2, 0.25) is 11.1 Å². The third-order valence-corrected chi connectivity index (χ3v) is 6.39. The summed E-state index contributed by atoms with van der Waals surface area (Å²) in [7, 11) is 1.78. The maximum absolute atomic E-state index is 13.0. The van der Waals surface area contributed by atoms with Gasteiger partial charge in [-0.05, 0) is 43.3 Å². The zero-order valence-corrected chi connectivity index (χ0v) is 20.4. The molecule has 36 heavy (non-hydrogen) atoms. The van der Waals surface area contributed by atoms with Crippen LogP contribution in [0.2, 0.25) is 0 Å². The van der Waals surface area contributed by atoms with Crippen LogP contribution in [0.5, 0.6) is 0 Å². The summed E-state index contributed by atoms with van der Waals surface area (Å²) in [6.45, 7) is 1.79. The van der Waals surface area contributed by atoms with Crippen LogP contribution in [0.15, 0.2) is 85.9 Å². The minimum absolute atomic E-state index is 0.156. The Labute approximate surface area is 210 Å². The topological polar surface area (TPSA) is 121 Å². The number of nitrogens with one attached hydrogen (secondary N) is 1. The first-order chi connectivity index (χ1) is 17.5. The Kier molecular flexibility index (Phi) is 6.54. The summed E-state index contributed by atoms with van der Waals surface area (Å²) < 4.78 is 14.2. The molecule has 0 unspecified atom stereocenters. The molecule has 0 saturated heterocycles. The Morgan fingerprint density at radius 2 is 1.67 bits per heavy atom. The van der Waals surface area contributed by atoms with E-state index in [9.17, 15) is 9.59 Å². The summed E-state index contributed by atoms with van der Waals surface area (Å²) in [4.78, 5) is 30.2. The van der Waals surface area contributed by atoms with Crippen LogP contribution in [0.4, 0.5) is 5.69 Å². The van der Waals surface area contributed by atoms with E-state index in [2.05, 4.69) is 20.5 Å². The monoisotopic (exact) mass is 502 g/mol. The first kappa shape index (κ1) is 23.4. The summed E-state index contributed by atoms with van der Waals surface area (Å²) in [5, 5.41) is 11.6. The molecule has 0 aliphatic carbocycles. The molecule has 4 heterocycles.